The molecule has 8 nitrogen and oxygen atoms in total. The molecule has 1 N–H and O–H groups in total. The van der Waals surface area contributed by atoms with E-state index in [4.69, 9.17) is 27.9 Å². The molecule has 1 heterocycles. The Morgan fingerprint density at radius 1 is 1.14 bits per heavy atom. The zero-order chi connectivity index (χ0) is 21.2. The minimum absolute atomic E-state index is 0.123. The normalized spacial score (nSPS) is 11.6. The molecule has 0 radical (unpaired) electrons. The summed E-state index contributed by atoms with van der Waals surface area (Å²) < 4.78 is 30.7. The lowest BCUT2D eigenvalue weighted by Crippen LogP contribution is -2.22. The van der Waals surface area contributed by atoms with Gasteiger partial charge in [0.1, 0.15) is 6.33 Å². The Labute approximate surface area is 177 Å². The number of carbonyl (C=O) groups excluding carboxylic acids is 1. The van der Waals surface area contributed by atoms with Crippen LogP contribution in [0.25, 0.3) is 10.9 Å². The van der Waals surface area contributed by atoms with Gasteiger partial charge in [-0.25, -0.2) is 22.7 Å². The second-order valence-corrected chi connectivity index (χ2v) is 9.11. The van der Waals surface area contributed by atoms with Crippen molar-refractivity contribution in [2.75, 3.05) is 26.0 Å². The Hall–Kier alpha value is -2.46. The van der Waals surface area contributed by atoms with Crippen LogP contribution in [0.5, 0.6) is 5.88 Å². The third kappa shape index (κ3) is 4.76. The largest absolute Gasteiger partial charge is 0.467 e. The molecule has 3 rings (SSSR count). The highest BCUT2D eigenvalue weighted by Crippen LogP contribution is 2.30. The molecule has 0 saturated heterocycles. The number of amides is 1. The number of carbonyl (C=O) groups is 1. The Kier molecular flexibility index (Phi) is 6.23. The van der Waals surface area contributed by atoms with Crippen molar-refractivity contribution in [2.45, 2.75) is 4.90 Å². The van der Waals surface area contributed by atoms with Crippen molar-refractivity contribution in [2.24, 2.45) is 0 Å². The molecule has 0 aliphatic heterocycles. The van der Waals surface area contributed by atoms with Crippen LogP contribution in [0.1, 0.15) is 0 Å². The highest BCUT2D eigenvalue weighted by molar-refractivity contribution is 7.89. The van der Waals surface area contributed by atoms with E-state index in [1.54, 1.807) is 12.1 Å². The van der Waals surface area contributed by atoms with E-state index in [1.807, 2.05) is 0 Å². The lowest BCUT2D eigenvalue weighted by Gasteiger charge is -2.12. The summed E-state index contributed by atoms with van der Waals surface area (Å²) >= 11 is 12.1. The Bertz CT molecular complexity index is 1170. The van der Waals surface area contributed by atoms with Gasteiger partial charge in [0.05, 0.1) is 20.8 Å². The number of ether oxygens (including phenoxy) is 1. The SMILES string of the molecule is CN(C)S(=O)(=O)c1ccc(NC(=O)COc2ncnc3c(Cl)cc(Cl)cc23)cc1. The molecule has 0 spiro atoms. The molecule has 0 bridgehead atoms. The number of hydrogen-bond donors (Lipinski definition) is 1. The zero-order valence-electron chi connectivity index (χ0n) is 15.4. The van der Waals surface area contributed by atoms with Crippen LogP contribution in [-0.4, -0.2) is 49.3 Å². The van der Waals surface area contributed by atoms with E-state index < -0.39 is 15.9 Å². The second kappa shape index (κ2) is 8.50. The highest BCUT2D eigenvalue weighted by atomic mass is 35.5. The fourth-order valence-corrected chi connectivity index (χ4v) is 3.88. The zero-order valence-corrected chi connectivity index (χ0v) is 17.7. The molecule has 1 aromatic heterocycles. The first-order valence-corrected chi connectivity index (χ1v) is 10.4. The molecule has 0 fully saturated rings. The van der Waals surface area contributed by atoms with E-state index in [0.717, 1.165) is 4.31 Å². The van der Waals surface area contributed by atoms with Gasteiger partial charge in [0, 0.05) is 24.8 Å². The molecule has 3 aromatic rings. The second-order valence-electron chi connectivity index (χ2n) is 6.11. The fraction of sp³-hybridized carbons (Fsp3) is 0.167. The van der Waals surface area contributed by atoms with Crippen molar-refractivity contribution in [3.05, 3.63) is 52.8 Å². The molecule has 0 atom stereocenters. The molecule has 1 amide bonds. The van der Waals surface area contributed by atoms with Crippen molar-refractivity contribution in [3.8, 4) is 5.88 Å². The van der Waals surface area contributed by atoms with Gasteiger partial charge in [-0.3, -0.25) is 4.79 Å². The number of nitrogens with one attached hydrogen (secondary N) is 1. The van der Waals surface area contributed by atoms with Crippen molar-refractivity contribution < 1.29 is 17.9 Å². The summed E-state index contributed by atoms with van der Waals surface area (Å²) in [6, 6.07) is 8.96. The number of aromatic nitrogens is 2. The smallest absolute Gasteiger partial charge is 0.262 e. The minimum Gasteiger partial charge on any atom is -0.467 e. The predicted molar refractivity (Wildman–Crippen MR) is 111 cm³/mol. The highest BCUT2D eigenvalue weighted by Gasteiger charge is 2.17. The van der Waals surface area contributed by atoms with Gasteiger partial charge in [0.15, 0.2) is 6.61 Å². The minimum atomic E-state index is -3.54. The van der Waals surface area contributed by atoms with Gasteiger partial charge in [-0.15, -0.1) is 0 Å². The Morgan fingerprint density at radius 2 is 1.83 bits per heavy atom. The van der Waals surface area contributed by atoms with Crippen LogP contribution in [0.15, 0.2) is 47.6 Å². The van der Waals surface area contributed by atoms with Crippen molar-refractivity contribution in [1.82, 2.24) is 14.3 Å². The average molecular weight is 455 g/mol. The first kappa shape index (κ1) is 21.3. The summed E-state index contributed by atoms with van der Waals surface area (Å²) in [7, 11) is -0.648. The summed E-state index contributed by atoms with van der Waals surface area (Å²) in [5.74, 6) is -0.282. The van der Waals surface area contributed by atoms with Crippen LogP contribution in [-0.2, 0) is 14.8 Å². The monoisotopic (exact) mass is 454 g/mol. The molecule has 0 aliphatic rings. The van der Waals surface area contributed by atoms with E-state index in [9.17, 15) is 13.2 Å². The number of nitrogens with zero attached hydrogens (tertiary/aromatic N) is 3. The maximum atomic E-state index is 12.2. The fourth-order valence-electron chi connectivity index (χ4n) is 2.44. The number of fused-ring (bicyclic) bond motifs is 1. The number of hydrogen-bond acceptors (Lipinski definition) is 6. The van der Waals surface area contributed by atoms with Crippen LogP contribution in [0.2, 0.25) is 10.0 Å². The van der Waals surface area contributed by atoms with E-state index in [-0.39, 0.29) is 17.4 Å². The van der Waals surface area contributed by atoms with Gasteiger partial charge in [0.25, 0.3) is 5.91 Å². The van der Waals surface area contributed by atoms with Crippen molar-refractivity contribution in [1.29, 1.82) is 0 Å². The molecular weight excluding hydrogens is 439 g/mol. The lowest BCUT2D eigenvalue weighted by molar-refractivity contribution is -0.118. The average Bonchev–Trinajstić information content (AvgIpc) is 2.66. The van der Waals surface area contributed by atoms with E-state index in [1.165, 1.54) is 44.7 Å². The third-order valence-electron chi connectivity index (χ3n) is 3.88. The maximum absolute atomic E-state index is 12.2. The van der Waals surface area contributed by atoms with Gasteiger partial charge < -0.3 is 10.1 Å². The molecule has 29 heavy (non-hydrogen) atoms. The quantitative estimate of drug-likeness (QED) is 0.613. The number of sulfonamides is 1. The van der Waals surface area contributed by atoms with Crippen LogP contribution in [0, 0.1) is 0 Å². The van der Waals surface area contributed by atoms with Crippen molar-refractivity contribution in [3.63, 3.8) is 0 Å². The summed E-state index contributed by atoms with van der Waals surface area (Å²) in [5, 5.41) is 3.84. The van der Waals surface area contributed by atoms with Gasteiger partial charge in [-0.1, -0.05) is 23.2 Å². The third-order valence-corrected chi connectivity index (χ3v) is 6.21. The lowest BCUT2D eigenvalue weighted by atomic mass is 10.2. The molecule has 0 aliphatic carbocycles. The molecule has 0 saturated carbocycles. The molecule has 152 valence electrons. The Balaban J connectivity index is 1.69. The van der Waals surface area contributed by atoms with Crippen LogP contribution >= 0.6 is 23.2 Å². The summed E-state index contributed by atoms with van der Waals surface area (Å²) in [4.78, 5) is 20.4. The van der Waals surface area contributed by atoms with Crippen molar-refractivity contribution >= 4 is 55.7 Å². The first-order chi connectivity index (χ1) is 13.7. The molecule has 2 aromatic carbocycles. The summed E-state index contributed by atoms with van der Waals surface area (Å²) in [6.45, 7) is -0.325. The Morgan fingerprint density at radius 3 is 2.48 bits per heavy atom. The topological polar surface area (TPSA) is 101 Å². The van der Waals surface area contributed by atoms with Crippen LogP contribution in [0.3, 0.4) is 0 Å². The number of halogens is 2. The van der Waals surface area contributed by atoms with Gasteiger partial charge in [-0.2, -0.15) is 0 Å². The van der Waals surface area contributed by atoms with Crippen LogP contribution < -0.4 is 10.1 Å². The van der Waals surface area contributed by atoms with Crippen LogP contribution in [0.4, 0.5) is 5.69 Å². The van der Waals surface area contributed by atoms with Gasteiger partial charge >= 0.3 is 0 Å². The number of benzene rings is 2. The standard InChI is InChI=1S/C18H16Cl2N4O4S/c1-24(2)29(26,27)13-5-3-12(4-6-13)23-16(25)9-28-18-14-7-11(19)8-15(20)17(14)21-10-22-18/h3-8,10H,9H2,1-2H3,(H,23,25). The summed E-state index contributed by atoms with van der Waals surface area (Å²) in [5.41, 5.74) is 0.883. The van der Waals surface area contributed by atoms with Gasteiger partial charge in [-0.05, 0) is 36.4 Å². The predicted octanol–water partition coefficient (Wildman–Crippen LogP) is 3.20. The molecule has 11 heteroatoms. The molecular formula is C18H16Cl2N4O4S. The number of rotatable bonds is 6. The van der Waals surface area contributed by atoms with E-state index in [0.29, 0.717) is 26.6 Å². The van der Waals surface area contributed by atoms with E-state index >= 15 is 0 Å². The maximum Gasteiger partial charge on any atom is 0.262 e. The van der Waals surface area contributed by atoms with Gasteiger partial charge in [0.2, 0.25) is 15.9 Å². The number of anilines is 1. The molecule has 0 unspecified atom stereocenters. The first-order valence-electron chi connectivity index (χ1n) is 8.23. The summed E-state index contributed by atoms with van der Waals surface area (Å²) in [6.07, 6.45) is 1.28. The van der Waals surface area contributed by atoms with E-state index in [2.05, 4.69) is 15.3 Å².